The van der Waals surface area contributed by atoms with Gasteiger partial charge in [-0.2, -0.15) is 0 Å². The number of nitrogens with zero attached hydrogens (tertiary/aromatic N) is 1. The molecule has 5 heteroatoms. The van der Waals surface area contributed by atoms with Crippen molar-refractivity contribution >= 4 is 5.91 Å². The smallest absolute Gasteiger partial charge is 0.273 e. The second kappa shape index (κ2) is 5.33. The first-order valence-electron chi connectivity index (χ1n) is 6.81. The zero-order chi connectivity index (χ0) is 14.0. The zero-order valence-electron chi connectivity index (χ0n) is 11.8. The number of hydrogen-bond donors (Lipinski definition) is 2. The molecule has 1 aromatic heterocycles. The molecule has 106 valence electrons. The molecule has 2 N–H and O–H groups in total. The number of hydrogen-bond acceptors (Lipinski definition) is 4. The van der Waals surface area contributed by atoms with Crippen LogP contribution in [-0.2, 0) is 0 Å². The molecule has 19 heavy (non-hydrogen) atoms. The average molecular weight is 266 g/mol. The molecule has 1 saturated carbocycles. The van der Waals surface area contributed by atoms with Gasteiger partial charge in [0.15, 0.2) is 5.69 Å². The molecule has 0 saturated heterocycles. The Morgan fingerprint density at radius 3 is 2.84 bits per heavy atom. The van der Waals surface area contributed by atoms with Crippen molar-refractivity contribution in [2.24, 2.45) is 5.41 Å². The summed E-state index contributed by atoms with van der Waals surface area (Å²) < 4.78 is 5.13. The Morgan fingerprint density at radius 1 is 1.58 bits per heavy atom. The Labute approximate surface area is 113 Å². The highest BCUT2D eigenvalue weighted by Crippen LogP contribution is 2.40. The van der Waals surface area contributed by atoms with Gasteiger partial charge < -0.3 is 14.9 Å². The molecule has 0 aliphatic heterocycles. The summed E-state index contributed by atoms with van der Waals surface area (Å²) >= 11 is 0. The van der Waals surface area contributed by atoms with Crippen LogP contribution in [0.25, 0.3) is 0 Å². The minimum atomic E-state index is -0.438. The zero-order valence-corrected chi connectivity index (χ0v) is 11.8. The number of carbonyl (C=O) groups is 1. The number of nitrogens with one attached hydrogen (secondary N) is 1. The summed E-state index contributed by atoms with van der Waals surface area (Å²) in [5.41, 5.74) is 0.157. The summed E-state index contributed by atoms with van der Waals surface area (Å²) in [5.74, 6) is 1.02. The molecule has 5 nitrogen and oxygen atoms in total. The summed E-state index contributed by atoms with van der Waals surface area (Å²) in [5, 5.41) is 16.4. The third-order valence-corrected chi connectivity index (χ3v) is 3.44. The van der Waals surface area contributed by atoms with Crippen molar-refractivity contribution < 1.29 is 14.4 Å². The Balaban J connectivity index is 1.77. The van der Waals surface area contributed by atoms with Crippen LogP contribution in [0, 0.1) is 5.41 Å². The number of aromatic nitrogens is 1. The minimum Gasteiger partial charge on any atom is -0.393 e. The maximum absolute atomic E-state index is 11.8. The standard InChI is InChI=1S/C14H22N2O3/c1-14(2,3)12(17)6-7-15-13(18)10-8-11(19-16-10)9-4-5-9/h8-9,12,17H,4-7H2,1-3H3,(H,15,18). The van der Waals surface area contributed by atoms with Crippen molar-refractivity contribution in [3.05, 3.63) is 17.5 Å². The van der Waals surface area contributed by atoms with E-state index in [-0.39, 0.29) is 11.3 Å². The summed E-state index contributed by atoms with van der Waals surface area (Å²) in [4.78, 5) is 11.8. The van der Waals surface area contributed by atoms with Crippen LogP contribution >= 0.6 is 0 Å². The molecule has 0 bridgehead atoms. The predicted molar refractivity (Wildman–Crippen MR) is 70.9 cm³/mol. The van der Waals surface area contributed by atoms with Crippen molar-refractivity contribution in [1.29, 1.82) is 0 Å². The number of aliphatic hydroxyl groups is 1. The number of carbonyl (C=O) groups excluding carboxylic acids is 1. The molecule has 1 heterocycles. The molecule has 1 amide bonds. The van der Waals surface area contributed by atoms with Crippen molar-refractivity contribution in [1.82, 2.24) is 10.5 Å². The van der Waals surface area contributed by atoms with Crippen LogP contribution in [0.3, 0.4) is 0 Å². The van der Waals surface area contributed by atoms with Gasteiger partial charge in [0, 0.05) is 18.5 Å². The first-order valence-corrected chi connectivity index (χ1v) is 6.81. The second-order valence-electron chi connectivity index (χ2n) is 6.32. The monoisotopic (exact) mass is 266 g/mol. The number of amides is 1. The Kier molecular flexibility index (Phi) is 3.94. The highest BCUT2D eigenvalue weighted by atomic mass is 16.5. The maximum atomic E-state index is 11.8. The lowest BCUT2D eigenvalue weighted by Gasteiger charge is -2.25. The topological polar surface area (TPSA) is 75.4 Å². The highest BCUT2D eigenvalue weighted by Gasteiger charge is 2.29. The molecule has 1 atom stereocenters. The van der Waals surface area contributed by atoms with E-state index in [1.165, 1.54) is 0 Å². The third-order valence-electron chi connectivity index (χ3n) is 3.44. The van der Waals surface area contributed by atoms with Crippen LogP contribution in [0.2, 0.25) is 0 Å². The van der Waals surface area contributed by atoms with E-state index in [2.05, 4.69) is 10.5 Å². The van der Waals surface area contributed by atoms with Gasteiger partial charge >= 0.3 is 0 Å². The van der Waals surface area contributed by atoms with Crippen LogP contribution in [0.4, 0.5) is 0 Å². The van der Waals surface area contributed by atoms with Crippen molar-refractivity contribution in [3.63, 3.8) is 0 Å². The van der Waals surface area contributed by atoms with Crippen molar-refractivity contribution in [2.45, 2.75) is 52.1 Å². The molecule has 1 aliphatic rings. The van der Waals surface area contributed by atoms with Gasteiger partial charge in [-0.3, -0.25) is 4.79 Å². The fourth-order valence-corrected chi connectivity index (χ4v) is 1.80. The van der Waals surface area contributed by atoms with E-state index in [4.69, 9.17) is 4.52 Å². The van der Waals surface area contributed by atoms with Gasteiger partial charge in [0.25, 0.3) is 5.91 Å². The van der Waals surface area contributed by atoms with E-state index in [0.717, 1.165) is 18.6 Å². The molecular formula is C14H22N2O3. The first-order chi connectivity index (χ1) is 8.88. The van der Waals surface area contributed by atoms with Gasteiger partial charge in [-0.1, -0.05) is 25.9 Å². The number of aliphatic hydroxyl groups excluding tert-OH is 1. The molecule has 2 rings (SSSR count). The van der Waals surface area contributed by atoms with Crippen LogP contribution < -0.4 is 5.32 Å². The Bertz CT molecular complexity index is 444. The van der Waals surface area contributed by atoms with Crippen LogP contribution in [0.5, 0.6) is 0 Å². The van der Waals surface area contributed by atoms with E-state index < -0.39 is 6.10 Å². The van der Waals surface area contributed by atoms with E-state index >= 15 is 0 Å². The molecule has 1 aliphatic carbocycles. The van der Waals surface area contributed by atoms with Gasteiger partial charge in [0.05, 0.1) is 6.10 Å². The largest absolute Gasteiger partial charge is 0.393 e. The van der Waals surface area contributed by atoms with E-state index in [9.17, 15) is 9.90 Å². The van der Waals surface area contributed by atoms with E-state index in [1.54, 1.807) is 6.07 Å². The number of rotatable bonds is 5. The average Bonchev–Trinajstić information content (AvgIpc) is 3.05. The third kappa shape index (κ3) is 3.80. The maximum Gasteiger partial charge on any atom is 0.273 e. The molecule has 1 unspecified atom stereocenters. The van der Waals surface area contributed by atoms with Crippen molar-refractivity contribution in [3.8, 4) is 0 Å². The highest BCUT2D eigenvalue weighted by molar-refractivity contribution is 5.92. The van der Waals surface area contributed by atoms with Gasteiger partial charge in [0.2, 0.25) is 0 Å². The normalized spacial score (nSPS) is 17.3. The fourth-order valence-electron chi connectivity index (χ4n) is 1.80. The first kappa shape index (κ1) is 14.1. The van der Waals surface area contributed by atoms with E-state index in [1.807, 2.05) is 20.8 Å². The minimum absolute atomic E-state index is 0.169. The van der Waals surface area contributed by atoms with Crippen LogP contribution in [0.15, 0.2) is 10.6 Å². The van der Waals surface area contributed by atoms with Crippen molar-refractivity contribution in [2.75, 3.05) is 6.54 Å². The van der Waals surface area contributed by atoms with Gasteiger partial charge in [-0.15, -0.1) is 0 Å². The second-order valence-corrected chi connectivity index (χ2v) is 6.32. The lowest BCUT2D eigenvalue weighted by atomic mass is 9.87. The Hall–Kier alpha value is -1.36. The summed E-state index contributed by atoms with van der Waals surface area (Å²) in [7, 11) is 0. The summed E-state index contributed by atoms with van der Waals surface area (Å²) in [6, 6.07) is 1.72. The molecule has 0 aromatic carbocycles. The van der Waals surface area contributed by atoms with Crippen LogP contribution in [0.1, 0.15) is 62.2 Å². The quantitative estimate of drug-likeness (QED) is 0.855. The van der Waals surface area contributed by atoms with Gasteiger partial charge in [-0.25, -0.2) is 0 Å². The molecule has 0 spiro atoms. The lowest BCUT2D eigenvalue weighted by molar-refractivity contribution is 0.0550. The molecule has 1 fully saturated rings. The van der Waals surface area contributed by atoms with Gasteiger partial charge in [0.1, 0.15) is 5.76 Å². The van der Waals surface area contributed by atoms with Gasteiger partial charge in [-0.05, 0) is 24.7 Å². The Morgan fingerprint density at radius 2 is 2.26 bits per heavy atom. The van der Waals surface area contributed by atoms with Crippen LogP contribution in [-0.4, -0.2) is 28.8 Å². The SMILES string of the molecule is CC(C)(C)C(O)CCNC(=O)c1cc(C2CC2)on1. The van der Waals surface area contributed by atoms with E-state index in [0.29, 0.717) is 24.6 Å². The molecule has 1 aromatic rings. The fraction of sp³-hybridized carbons (Fsp3) is 0.714. The predicted octanol–water partition coefficient (Wildman–Crippen LogP) is 2.08. The lowest BCUT2D eigenvalue weighted by Crippen LogP contribution is -2.32. The molecular weight excluding hydrogens is 244 g/mol. The summed E-state index contributed by atoms with van der Waals surface area (Å²) in [6.07, 6.45) is 2.33. The summed E-state index contributed by atoms with van der Waals surface area (Å²) in [6.45, 7) is 6.35. The molecule has 0 radical (unpaired) electrons.